The molecule has 1 unspecified atom stereocenters. The van der Waals surface area contributed by atoms with E-state index in [1.807, 2.05) is 0 Å². The number of hydrogen-bond donors (Lipinski definition) is 0. The van der Waals surface area contributed by atoms with Crippen molar-refractivity contribution in [2.24, 2.45) is 0 Å². The fraction of sp³-hybridized carbons (Fsp3) is 0.222. The zero-order valence-corrected chi connectivity index (χ0v) is 12.1. The Morgan fingerprint density at radius 2 is 1.53 bits per heavy atom. The van der Waals surface area contributed by atoms with Gasteiger partial charge in [-0.3, -0.25) is 0 Å². The van der Waals surface area contributed by atoms with Gasteiger partial charge in [0.2, 0.25) is 0 Å². The van der Waals surface area contributed by atoms with E-state index in [4.69, 9.17) is 0 Å². The monoisotopic (exact) mass is 265 g/mol. The minimum atomic E-state index is 0.414. The third kappa shape index (κ3) is 1.54. The van der Waals surface area contributed by atoms with Gasteiger partial charge in [-0.2, -0.15) is 0 Å². The highest BCUT2D eigenvalue weighted by Gasteiger charge is 2.30. The molecule has 0 bridgehead atoms. The first-order valence-corrected chi connectivity index (χ1v) is 8.86. The van der Waals surface area contributed by atoms with E-state index in [2.05, 4.69) is 61.0 Å². The van der Waals surface area contributed by atoms with Gasteiger partial charge in [-0.25, -0.2) is 0 Å². The second-order valence-corrected chi connectivity index (χ2v) is 7.93. The van der Waals surface area contributed by atoms with Crippen LogP contribution < -0.4 is 0 Å². The fourth-order valence-electron chi connectivity index (χ4n) is 3.43. The molecule has 3 aromatic carbocycles. The summed E-state index contributed by atoms with van der Waals surface area (Å²) in [5.74, 6) is 0. The third-order valence-electron chi connectivity index (χ3n) is 4.33. The number of benzene rings is 3. The Morgan fingerprint density at radius 1 is 0.842 bits per heavy atom. The van der Waals surface area contributed by atoms with Crippen LogP contribution in [0.4, 0.5) is 0 Å². The lowest BCUT2D eigenvalue weighted by molar-refractivity contribution is 0.933. The molecule has 1 aliphatic carbocycles. The molecule has 19 heavy (non-hydrogen) atoms. The molecule has 0 saturated carbocycles. The molecule has 0 aromatic heterocycles. The van der Waals surface area contributed by atoms with E-state index in [1.54, 1.807) is 5.56 Å². The maximum absolute atomic E-state index is 2.37. The SMILES string of the molecule is C[S+](C)C1Cc2cccc3ccc4cccc1c4c23. The van der Waals surface area contributed by atoms with Gasteiger partial charge in [0.05, 0.1) is 12.5 Å². The van der Waals surface area contributed by atoms with Gasteiger partial charge >= 0.3 is 0 Å². The molecule has 0 radical (unpaired) electrons. The van der Waals surface area contributed by atoms with Crippen LogP contribution >= 0.6 is 0 Å². The summed E-state index contributed by atoms with van der Waals surface area (Å²) in [6, 6.07) is 18.1. The number of rotatable bonds is 1. The van der Waals surface area contributed by atoms with E-state index in [0.717, 1.165) is 0 Å². The maximum atomic E-state index is 2.37. The Morgan fingerprint density at radius 3 is 2.26 bits per heavy atom. The van der Waals surface area contributed by atoms with Gasteiger partial charge in [-0.05, 0) is 38.0 Å². The van der Waals surface area contributed by atoms with Crippen LogP contribution in [-0.4, -0.2) is 12.5 Å². The van der Waals surface area contributed by atoms with E-state index in [0.29, 0.717) is 16.1 Å². The van der Waals surface area contributed by atoms with E-state index < -0.39 is 0 Å². The Kier molecular flexibility index (Phi) is 2.40. The average Bonchev–Trinajstić information content (AvgIpc) is 2.44. The van der Waals surface area contributed by atoms with Crippen molar-refractivity contribution < 1.29 is 0 Å². The van der Waals surface area contributed by atoms with Crippen LogP contribution in [0.25, 0.3) is 21.5 Å². The van der Waals surface area contributed by atoms with Crippen LogP contribution in [0.5, 0.6) is 0 Å². The first-order chi connectivity index (χ1) is 9.25. The van der Waals surface area contributed by atoms with Crippen LogP contribution in [0.3, 0.4) is 0 Å². The standard InChI is InChI=1S/C18H17S/c1-19(2)16-11-14-7-3-5-12-9-10-13-6-4-8-15(16)18(13)17(12)14/h3-10,16H,11H2,1-2H3/q+1. The van der Waals surface area contributed by atoms with Crippen molar-refractivity contribution in [3.63, 3.8) is 0 Å². The highest BCUT2D eigenvalue weighted by atomic mass is 32.2. The summed E-state index contributed by atoms with van der Waals surface area (Å²) in [5.41, 5.74) is 3.10. The average molecular weight is 265 g/mol. The van der Waals surface area contributed by atoms with Crippen LogP contribution in [0.15, 0.2) is 48.5 Å². The van der Waals surface area contributed by atoms with Gasteiger partial charge in [0.25, 0.3) is 0 Å². The smallest absolute Gasteiger partial charge is 0.0614 e. The predicted molar refractivity (Wildman–Crippen MR) is 87.1 cm³/mol. The van der Waals surface area contributed by atoms with Crippen molar-refractivity contribution in [3.05, 3.63) is 59.7 Å². The molecular weight excluding hydrogens is 248 g/mol. The van der Waals surface area contributed by atoms with Crippen LogP contribution in [0.2, 0.25) is 0 Å². The molecule has 0 heterocycles. The second-order valence-electron chi connectivity index (χ2n) is 5.60. The Balaban J connectivity index is 2.23. The fourth-order valence-corrected chi connectivity index (χ4v) is 4.65. The molecule has 0 N–H and O–H groups in total. The van der Waals surface area contributed by atoms with E-state index >= 15 is 0 Å². The molecule has 0 amide bonds. The maximum Gasteiger partial charge on any atom is 0.147 e. The Labute approximate surface area is 116 Å². The minimum Gasteiger partial charge on any atom is -0.0614 e. The molecule has 94 valence electrons. The Hall–Kier alpha value is -1.47. The van der Waals surface area contributed by atoms with Crippen LogP contribution in [-0.2, 0) is 17.3 Å². The van der Waals surface area contributed by atoms with Crippen molar-refractivity contribution in [3.8, 4) is 0 Å². The van der Waals surface area contributed by atoms with Crippen molar-refractivity contribution >= 4 is 32.4 Å². The first-order valence-electron chi connectivity index (χ1n) is 6.75. The lowest BCUT2D eigenvalue weighted by Crippen LogP contribution is -2.17. The summed E-state index contributed by atoms with van der Waals surface area (Å²) >= 11 is 0. The molecule has 0 spiro atoms. The lowest BCUT2D eigenvalue weighted by atomic mass is 9.86. The zero-order valence-electron chi connectivity index (χ0n) is 11.3. The summed E-state index contributed by atoms with van der Waals surface area (Å²) < 4.78 is 0. The second kappa shape index (κ2) is 4.01. The van der Waals surface area contributed by atoms with Crippen LogP contribution in [0.1, 0.15) is 16.4 Å². The largest absolute Gasteiger partial charge is 0.147 e. The summed E-state index contributed by atoms with van der Waals surface area (Å²) in [6.45, 7) is 0. The van der Waals surface area contributed by atoms with Gasteiger partial charge < -0.3 is 0 Å². The molecule has 1 heteroatoms. The topological polar surface area (TPSA) is 0 Å². The molecule has 0 saturated heterocycles. The predicted octanol–water partition coefficient (Wildman–Crippen LogP) is 4.47. The molecule has 0 aliphatic heterocycles. The highest BCUT2D eigenvalue weighted by molar-refractivity contribution is 7.95. The minimum absolute atomic E-state index is 0.414. The van der Waals surface area contributed by atoms with Crippen molar-refractivity contribution in [2.75, 3.05) is 12.5 Å². The normalized spacial score (nSPS) is 17.7. The summed E-state index contributed by atoms with van der Waals surface area (Å²) in [7, 11) is 0.414. The lowest BCUT2D eigenvalue weighted by Gasteiger charge is -2.24. The molecule has 3 aromatic rings. The molecule has 1 aliphatic rings. The first kappa shape index (κ1) is 11.4. The van der Waals surface area contributed by atoms with Gasteiger partial charge in [0.1, 0.15) is 5.25 Å². The van der Waals surface area contributed by atoms with E-state index in [9.17, 15) is 0 Å². The van der Waals surface area contributed by atoms with Crippen molar-refractivity contribution in [1.82, 2.24) is 0 Å². The summed E-state index contributed by atoms with van der Waals surface area (Å²) in [6.07, 6.45) is 5.94. The van der Waals surface area contributed by atoms with Gasteiger partial charge in [0, 0.05) is 12.0 Å². The molecule has 0 fully saturated rings. The van der Waals surface area contributed by atoms with Gasteiger partial charge in [-0.15, -0.1) is 0 Å². The highest BCUT2D eigenvalue weighted by Crippen LogP contribution is 2.42. The van der Waals surface area contributed by atoms with Crippen molar-refractivity contribution in [2.45, 2.75) is 11.7 Å². The van der Waals surface area contributed by atoms with Gasteiger partial charge in [0.15, 0.2) is 0 Å². The van der Waals surface area contributed by atoms with Crippen molar-refractivity contribution in [1.29, 1.82) is 0 Å². The summed E-state index contributed by atoms with van der Waals surface area (Å²) in [4.78, 5) is 0. The Bertz CT molecular complexity index is 786. The zero-order chi connectivity index (χ0) is 13.0. The summed E-state index contributed by atoms with van der Waals surface area (Å²) in [5, 5.41) is 6.48. The van der Waals surface area contributed by atoms with E-state index in [1.165, 1.54) is 33.5 Å². The quantitative estimate of drug-likeness (QED) is 0.450. The number of hydrogen-bond acceptors (Lipinski definition) is 0. The third-order valence-corrected chi connectivity index (χ3v) is 5.88. The molecule has 1 atom stereocenters. The van der Waals surface area contributed by atoms with Gasteiger partial charge in [-0.1, -0.05) is 48.5 Å². The molecule has 4 rings (SSSR count). The van der Waals surface area contributed by atoms with Crippen LogP contribution in [0, 0.1) is 0 Å². The van der Waals surface area contributed by atoms with E-state index in [-0.39, 0.29) is 0 Å². The molecule has 0 nitrogen and oxygen atoms in total. The molecular formula is C18H17S+.